The summed E-state index contributed by atoms with van der Waals surface area (Å²) in [5, 5.41) is 7.74. The zero-order chi connectivity index (χ0) is 53.4. The molecule has 0 amide bonds. The first kappa shape index (κ1) is 46.9. The van der Waals surface area contributed by atoms with Crippen LogP contribution in [0.1, 0.15) is 0 Å². The van der Waals surface area contributed by atoms with E-state index in [0.29, 0.717) is 17.5 Å². The number of thiophene rings is 2. The lowest BCUT2D eigenvalue weighted by Gasteiger charge is -2.21. The smallest absolute Gasteiger partial charge is 0.164 e. The largest absolute Gasteiger partial charge is 0.308 e. The van der Waals surface area contributed by atoms with E-state index in [1.165, 1.54) is 51.1 Å². The van der Waals surface area contributed by atoms with E-state index in [0.717, 1.165) is 89.0 Å². The number of fused-ring (bicyclic) bond motifs is 11. The Morgan fingerprint density at radius 2 is 0.667 bits per heavy atom. The number of nitrogens with zero attached hydrogens (tertiary/aromatic N) is 4. The molecule has 4 nitrogen and oxygen atoms in total. The highest BCUT2D eigenvalue weighted by atomic mass is 32.1. The number of hydrogen-bond acceptors (Lipinski definition) is 5. The summed E-state index contributed by atoms with van der Waals surface area (Å²) >= 11 is 3.81. The number of aromatic nitrogens is 4. The molecule has 81 heavy (non-hydrogen) atoms. The van der Waals surface area contributed by atoms with Crippen LogP contribution in [0.4, 0.5) is 0 Å². The van der Waals surface area contributed by atoms with E-state index >= 15 is 0 Å². The molecule has 0 fully saturated rings. The van der Waals surface area contributed by atoms with Crippen molar-refractivity contribution in [3.05, 3.63) is 279 Å². The molecule has 0 aliphatic rings. The lowest BCUT2D eigenvalue weighted by Crippen LogP contribution is -2.04. The van der Waals surface area contributed by atoms with Crippen LogP contribution in [0.15, 0.2) is 279 Å². The molecule has 0 saturated carbocycles. The lowest BCUT2D eigenvalue weighted by atomic mass is 9.92. The molecule has 378 valence electrons. The van der Waals surface area contributed by atoms with Gasteiger partial charge in [0.05, 0.1) is 16.7 Å². The Labute approximate surface area is 475 Å². The second kappa shape index (κ2) is 19.4. The zero-order valence-electron chi connectivity index (χ0n) is 43.7. The minimum absolute atomic E-state index is 0.580. The summed E-state index contributed by atoms with van der Waals surface area (Å²) < 4.78 is 7.81. The van der Waals surface area contributed by atoms with Gasteiger partial charge in [-0.25, -0.2) is 15.0 Å². The van der Waals surface area contributed by atoms with Crippen molar-refractivity contribution in [2.75, 3.05) is 0 Å². The van der Waals surface area contributed by atoms with Crippen LogP contribution in [-0.2, 0) is 0 Å². The molecule has 16 rings (SSSR count). The van der Waals surface area contributed by atoms with E-state index in [9.17, 15) is 0 Å². The fourth-order valence-corrected chi connectivity index (χ4v) is 14.6. The molecule has 4 aromatic heterocycles. The van der Waals surface area contributed by atoms with Gasteiger partial charge >= 0.3 is 0 Å². The topological polar surface area (TPSA) is 43.6 Å². The van der Waals surface area contributed by atoms with Crippen LogP contribution >= 0.6 is 22.7 Å². The van der Waals surface area contributed by atoms with E-state index < -0.39 is 0 Å². The molecule has 16 aromatic rings. The van der Waals surface area contributed by atoms with Crippen molar-refractivity contribution in [2.24, 2.45) is 0 Å². The first-order valence-electron chi connectivity index (χ1n) is 27.3. The van der Waals surface area contributed by atoms with E-state index in [1.54, 1.807) is 0 Å². The number of hydrogen-bond donors (Lipinski definition) is 0. The Balaban J connectivity index is 0.968. The third kappa shape index (κ3) is 8.06. The molecule has 0 unspecified atom stereocenters. The Morgan fingerprint density at radius 1 is 0.247 bits per heavy atom. The number of benzene rings is 12. The fraction of sp³-hybridized carbons (Fsp3) is 0. The minimum atomic E-state index is 0.580. The van der Waals surface area contributed by atoms with Gasteiger partial charge in [0.1, 0.15) is 0 Å². The van der Waals surface area contributed by atoms with Crippen LogP contribution in [0.2, 0.25) is 0 Å². The molecule has 0 radical (unpaired) electrons. The highest BCUT2D eigenvalue weighted by Gasteiger charge is 2.26. The van der Waals surface area contributed by atoms with E-state index in [1.807, 2.05) is 22.7 Å². The zero-order valence-corrected chi connectivity index (χ0v) is 45.3. The quantitative estimate of drug-likeness (QED) is 0.145. The lowest BCUT2D eigenvalue weighted by molar-refractivity contribution is 1.07. The Morgan fingerprint density at radius 3 is 1.25 bits per heavy atom. The van der Waals surface area contributed by atoms with Gasteiger partial charge in [-0.15, -0.1) is 22.7 Å². The van der Waals surface area contributed by atoms with Gasteiger partial charge in [0, 0.05) is 78.9 Å². The molecule has 0 saturated heterocycles. The van der Waals surface area contributed by atoms with Crippen LogP contribution in [-0.4, -0.2) is 19.5 Å². The van der Waals surface area contributed by atoms with E-state index in [2.05, 4.69) is 284 Å². The van der Waals surface area contributed by atoms with Gasteiger partial charge in [-0.05, 0) is 99.1 Å². The van der Waals surface area contributed by atoms with Gasteiger partial charge < -0.3 is 4.57 Å². The average molecular weight is 1070 g/mol. The van der Waals surface area contributed by atoms with Gasteiger partial charge in [-0.3, -0.25) is 0 Å². The van der Waals surface area contributed by atoms with Crippen LogP contribution < -0.4 is 0 Å². The highest BCUT2D eigenvalue weighted by Crippen LogP contribution is 2.50. The summed E-state index contributed by atoms with van der Waals surface area (Å²) in [7, 11) is 0. The van der Waals surface area contributed by atoms with E-state index in [4.69, 9.17) is 15.0 Å². The van der Waals surface area contributed by atoms with Crippen molar-refractivity contribution in [3.8, 4) is 95.5 Å². The van der Waals surface area contributed by atoms with Gasteiger partial charge in [0.25, 0.3) is 0 Å². The second-order valence-electron chi connectivity index (χ2n) is 20.6. The maximum atomic E-state index is 5.56. The number of para-hydroxylation sites is 1. The molecule has 0 aliphatic heterocycles. The molecule has 0 N–H and O–H groups in total. The van der Waals surface area contributed by atoms with Crippen LogP contribution in [0, 0.1) is 0 Å². The van der Waals surface area contributed by atoms with Crippen molar-refractivity contribution in [3.63, 3.8) is 0 Å². The fourth-order valence-electron chi connectivity index (χ4n) is 12.0. The summed E-state index contributed by atoms with van der Waals surface area (Å²) in [4.78, 5) is 16.5. The SMILES string of the molecule is c1ccc(-c2ccc(-c3nc(-c4cc(-c5ccccc5)cc(-c5ccccc5)c4)nc(-c4cc(-c5ccccc5)c(-n5c6ccccc6c6c7sc8c(ccc9sc%10ccccc%10c98)c7ccc65)c(-c5ccccc5)c4)n3)cc2)cc1. The van der Waals surface area contributed by atoms with Crippen molar-refractivity contribution in [2.45, 2.75) is 0 Å². The molecular weight excluding hydrogens is 1020 g/mol. The van der Waals surface area contributed by atoms with Crippen molar-refractivity contribution in [1.29, 1.82) is 0 Å². The molecule has 12 aromatic carbocycles. The summed E-state index contributed by atoms with van der Waals surface area (Å²) in [6.45, 7) is 0. The Kier molecular flexibility index (Phi) is 11.2. The predicted octanol–water partition coefficient (Wildman–Crippen LogP) is 21.0. The Hall–Kier alpha value is -10.1. The van der Waals surface area contributed by atoms with Gasteiger partial charge in [0.15, 0.2) is 17.5 Å². The predicted molar refractivity (Wildman–Crippen MR) is 343 cm³/mol. The molecule has 0 atom stereocenters. The van der Waals surface area contributed by atoms with Crippen molar-refractivity contribution in [1.82, 2.24) is 19.5 Å². The van der Waals surface area contributed by atoms with Crippen LogP contribution in [0.5, 0.6) is 0 Å². The second-order valence-corrected chi connectivity index (χ2v) is 22.7. The maximum absolute atomic E-state index is 5.56. The highest BCUT2D eigenvalue weighted by molar-refractivity contribution is 7.30. The molecule has 0 aliphatic carbocycles. The minimum Gasteiger partial charge on any atom is -0.308 e. The molecule has 4 heterocycles. The summed E-state index contributed by atoms with van der Waals surface area (Å²) in [5.41, 5.74) is 17.0. The standard InChI is InChI=1S/C75H46N4S2/c1-6-20-47(21-7-1)50-34-36-53(37-35-50)73-76-74(56-43-54(48-22-8-2-9-23-48)42-55(44-56)49-24-10-3-11-25-49)78-75(77-73)57-45-62(51-26-12-4-13-27-51)70(63(46-57)52-28-14-5-15-29-52)79-64-32-18-16-30-60(64)68-65(79)40-38-58-59-39-41-67-69(72(59)81-71(58)68)61-31-17-19-33-66(61)80-67/h1-46H. The first-order valence-corrected chi connectivity index (χ1v) is 28.9. The maximum Gasteiger partial charge on any atom is 0.164 e. The molecule has 6 heteroatoms. The van der Waals surface area contributed by atoms with Crippen molar-refractivity contribution < 1.29 is 0 Å². The molecule has 0 spiro atoms. The average Bonchev–Trinajstić information content (AvgIpc) is 3.84. The third-order valence-corrected chi connectivity index (χ3v) is 18.2. The van der Waals surface area contributed by atoms with Crippen LogP contribution in [0.25, 0.3) is 158 Å². The monoisotopic (exact) mass is 1070 g/mol. The summed E-state index contributed by atoms with van der Waals surface area (Å²) in [6.07, 6.45) is 0. The Bertz CT molecular complexity index is 4950. The van der Waals surface area contributed by atoms with Gasteiger partial charge in [-0.2, -0.15) is 0 Å². The van der Waals surface area contributed by atoms with Gasteiger partial charge in [-0.1, -0.05) is 224 Å². The molecular formula is C75H46N4S2. The normalized spacial score (nSPS) is 11.7. The van der Waals surface area contributed by atoms with Gasteiger partial charge in [0.2, 0.25) is 0 Å². The van der Waals surface area contributed by atoms with Crippen LogP contribution in [0.3, 0.4) is 0 Å². The molecule has 0 bridgehead atoms. The summed E-state index contributed by atoms with van der Waals surface area (Å²) in [6, 6.07) is 100. The summed E-state index contributed by atoms with van der Waals surface area (Å²) in [5.74, 6) is 1.76. The third-order valence-electron chi connectivity index (χ3n) is 15.8. The number of rotatable bonds is 9. The van der Waals surface area contributed by atoms with E-state index in [-0.39, 0.29) is 0 Å². The first-order chi connectivity index (χ1) is 40.1. The van der Waals surface area contributed by atoms with Crippen molar-refractivity contribution >= 4 is 84.8 Å².